The van der Waals surface area contributed by atoms with Crippen molar-refractivity contribution in [2.75, 3.05) is 6.54 Å². The molecule has 1 saturated carbocycles. The van der Waals surface area contributed by atoms with Crippen LogP contribution in [0.1, 0.15) is 53.4 Å². The quantitative estimate of drug-likeness (QED) is 0.804. The van der Waals surface area contributed by atoms with Crippen LogP contribution in [-0.2, 0) is 4.79 Å². The zero-order valence-corrected chi connectivity index (χ0v) is 11.6. The van der Waals surface area contributed by atoms with E-state index in [2.05, 4.69) is 32.6 Å². The van der Waals surface area contributed by atoms with Gasteiger partial charge in [-0.2, -0.15) is 0 Å². The van der Waals surface area contributed by atoms with Crippen molar-refractivity contribution in [3.63, 3.8) is 0 Å². The third-order valence-corrected chi connectivity index (χ3v) is 4.32. The molecule has 0 aromatic carbocycles. The van der Waals surface area contributed by atoms with Gasteiger partial charge in [0.15, 0.2) is 0 Å². The number of rotatable bonds is 5. The summed E-state index contributed by atoms with van der Waals surface area (Å²) in [4.78, 5) is 13.2. The first-order chi connectivity index (χ1) is 7.95. The molecule has 3 heteroatoms. The molecule has 0 aromatic rings. The number of carboxylic acids is 1. The standard InChI is InChI=1S/C14H27NO2/c1-5-12(4)15(9-14(16)17)13-8-10(2)6-7-11(13)3/h10-13H,5-9H2,1-4H3,(H,16,17). The Kier molecular flexibility index (Phi) is 5.44. The summed E-state index contributed by atoms with van der Waals surface area (Å²) in [6.45, 7) is 9.03. The van der Waals surface area contributed by atoms with Gasteiger partial charge in [-0.3, -0.25) is 9.69 Å². The molecule has 4 atom stereocenters. The lowest BCUT2D eigenvalue weighted by Gasteiger charge is -2.43. The molecule has 0 aliphatic heterocycles. The molecule has 4 unspecified atom stereocenters. The molecule has 17 heavy (non-hydrogen) atoms. The van der Waals surface area contributed by atoms with E-state index < -0.39 is 5.97 Å². The second kappa shape index (κ2) is 6.39. The molecule has 0 heterocycles. The minimum atomic E-state index is -0.698. The SMILES string of the molecule is CCC(C)N(CC(=O)O)C1CC(C)CCC1C. The average Bonchev–Trinajstić information content (AvgIpc) is 2.28. The highest BCUT2D eigenvalue weighted by atomic mass is 16.4. The highest BCUT2D eigenvalue weighted by molar-refractivity contribution is 5.69. The Morgan fingerprint density at radius 1 is 1.41 bits per heavy atom. The van der Waals surface area contributed by atoms with Crippen molar-refractivity contribution in [1.82, 2.24) is 4.90 Å². The highest BCUT2D eigenvalue weighted by Gasteiger charge is 2.33. The van der Waals surface area contributed by atoms with E-state index in [4.69, 9.17) is 5.11 Å². The van der Waals surface area contributed by atoms with Gasteiger partial charge < -0.3 is 5.11 Å². The maximum atomic E-state index is 11.0. The second-order valence-electron chi connectivity index (χ2n) is 5.79. The summed E-state index contributed by atoms with van der Waals surface area (Å²) in [5.41, 5.74) is 0. The number of nitrogens with zero attached hydrogens (tertiary/aromatic N) is 1. The van der Waals surface area contributed by atoms with Gasteiger partial charge in [-0.25, -0.2) is 0 Å². The first-order valence-corrected chi connectivity index (χ1v) is 6.93. The van der Waals surface area contributed by atoms with Gasteiger partial charge in [0.1, 0.15) is 0 Å². The molecule has 1 aliphatic carbocycles. The molecule has 3 nitrogen and oxygen atoms in total. The fourth-order valence-electron chi connectivity index (χ4n) is 2.96. The maximum Gasteiger partial charge on any atom is 0.317 e. The van der Waals surface area contributed by atoms with Gasteiger partial charge in [0, 0.05) is 12.1 Å². The summed E-state index contributed by atoms with van der Waals surface area (Å²) in [6.07, 6.45) is 4.70. The summed E-state index contributed by atoms with van der Waals surface area (Å²) < 4.78 is 0. The lowest BCUT2D eigenvalue weighted by molar-refractivity contribution is -0.140. The number of hydrogen-bond donors (Lipinski definition) is 1. The van der Waals surface area contributed by atoms with Crippen molar-refractivity contribution in [2.45, 2.75) is 65.5 Å². The van der Waals surface area contributed by atoms with Gasteiger partial charge >= 0.3 is 5.97 Å². The van der Waals surface area contributed by atoms with Gasteiger partial charge in [0.05, 0.1) is 6.54 Å². The van der Waals surface area contributed by atoms with Crippen LogP contribution in [0.3, 0.4) is 0 Å². The Labute approximate surface area is 105 Å². The predicted molar refractivity (Wildman–Crippen MR) is 70.1 cm³/mol. The monoisotopic (exact) mass is 241 g/mol. The molecule has 1 N–H and O–H groups in total. The zero-order chi connectivity index (χ0) is 13.0. The molecule has 1 aliphatic rings. The Bertz CT molecular complexity index is 255. The summed E-state index contributed by atoms with van der Waals surface area (Å²) >= 11 is 0. The van der Waals surface area contributed by atoms with Crippen molar-refractivity contribution in [1.29, 1.82) is 0 Å². The molecule has 0 aromatic heterocycles. The lowest BCUT2D eigenvalue weighted by atomic mass is 9.78. The van der Waals surface area contributed by atoms with Crippen LogP contribution in [0, 0.1) is 11.8 Å². The number of carbonyl (C=O) groups is 1. The first-order valence-electron chi connectivity index (χ1n) is 6.93. The fraction of sp³-hybridized carbons (Fsp3) is 0.929. The first kappa shape index (κ1) is 14.5. The van der Waals surface area contributed by atoms with E-state index in [1.54, 1.807) is 0 Å². The van der Waals surface area contributed by atoms with Gasteiger partial charge in [-0.05, 0) is 38.0 Å². The molecule has 0 saturated heterocycles. The molecular weight excluding hydrogens is 214 g/mol. The van der Waals surface area contributed by atoms with Gasteiger partial charge in [0.25, 0.3) is 0 Å². The predicted octanol–water partition coefficient (Wildman–Crippen LogP) is 3.00. The lowest BCUT2D eigenvalue weighted by Crippen LogP contribution is -2.49. The van der Waals surface area contributed by atoms with Crippen LogP contribution in [0.15, 0.2) is 0 Å². The molecule has 0 amide bonds. The normalized spacial score (nSPS) is 31.5. The van der Waals surface area contributed by atoms with Crippen molar-refractivity contribution < 1.29 is 9.90 Å². The van der Waals surface area contributed by atoms with Crippen LogP contribution >= 0.6 is 0 Å². The Hall–Kier alpha value is -0.570. The van der Waals surface area contributed by atoms with Crippen molar-refractivity contribution in [2.24, 2.45) is 11.8 Å². The van der Waals surface area contributed by atoms with Crippen LogP contribution in [0.5, 0.6) is 0 Å². The number of aliphatic carboxylic acids is 1. The van der Waals surface area contributed by atoms with E-state index in [0.717, 1.165) is 18.8 Å². The zero-order valence-electron chi connectivity index (χ0n) is 11.6. The smallest absolute Gasteiger partial charge is 0.317 e. The Balaban J connectivity index is 2.75. The van der Waals surface area contributed by atoms with E-state index in [1.165, 1.54) is 12.8 Å². The van der Waals surface area contributed by atoms with Crippen molar-refractivity contribution in [3.05, 3.63) is 0 Å². The average molecular weight is 241 g/mol. The molecule has 0 bridgehead atoms. The number of hydrogen-bond acceptors (Lipinski definition) is 2. The van der Waals surface area contributed by atoms with Gasteiger partial charge in [-0.15, -0.1) is 0 Å². The minimum Gasteiger partial charge on any atom is -0.480 e. The van der Waals surface area contributed by atoms with Gasteiger partial charge in [0.2, 0.25) is 0 Å². The highest BCUT2D eigenvalue weighted by Crippen LogP contribution is 2.33. The Morgan fingerprint density at radius 3 is 2.59 bits per heavy atom. The van der Waals surface area contributed by atoms with Crippen LogP contribution < -0.4 is 0 Å². The van der Waals surface area contributed by atoms with E-state index in [9.17, 15) is 4.79 Å². The van der Waals surface area contributed by atoms with E-state index in [1.807, 2.05) is 0 Å². The molecule has 0 radical (unpaired) electrons. The largest absolute Gasteiger partial charge is 0.480 e. The van der Waals surface area contributed by atoms with Crippen molar-refractivity contribution in [3.8, 4) is 0 Å². The summed E-state index contributed by atoms with van der Waals surface area (Å²) in [5, 5.41) is 9.07. The summed E-state index contributed by atoms with van der Waals surface area (Å²) in [5.74, 6) is 0.659. The third-order valence-electron chi connectivity index (χ3n) is 4.32. The molecule has 100 valence electrons. The molecule has 1 fully saturated rings. The van der Waals surface area contributed by atoms with Crippen molar-refractivity contribution >= 4 is 5.97 Å². The van der Waals surface area contributed by atoms with Crippen LogP contribution in [-0.4, -0.2) is 34.6 Å². The summed E-state index contributed by atoms with van der Waals surface area (Å²) in [7, 11) is 0. The molecule has 0 spiro atoms. The second-order valence-corrected chi connectivity index (χ2v) is 5.79. The molecular formula is C14H27NO2. The van der Waals surface area contributed by atoms with Gasteiger partial charge in [-0.1, -0.05) is 27.2 Å². The van der Waals surface area contributed by atoms with Crippen LogP contribution in [0.2, 0.25) is 0 Å². The fourth-order valence-corrected chi connectivity index (χ4v) is 2.96. The van der Waals surface area contributed by atoms with E-state index >= 15 is 0 Å². The number of carboxylic acid groups (broad SMARTS) is 1. The maximum absolute atomic E-state index is 11.0. The van der Waals surface area contributed by atoms with E-state index in [-0.39, 0.29) is 6.54 Å². The van der Waals surface area contributed by atoms with Crippen LogP contribution in [0.4, 0.5) is 0 Å². The van der Waals surface area contributed by atoms with E-state index in [0.29, 0.717) is 18.0 Å². The van der Waals surface area contributed by atoms with Crippen LogP contribution in [0.25, 0.3) is 0 Å². The minimum absolute atomic E-state index is 0.191. The Morgan fingerprint density at radius 2 is 2.06 bits per heavy atom. The molecule has 1 rings (SSSR count). The summed E-state index contributed by atoms with van der Waals surface area (Å²) in [6, 6.07) is 0.814. The third kappa shape index (κ3) is 3.98. The topological polar surface area (TPSA) is 40.5 Å².